The second-order valence-corrected chi connectivity index (χ2v) is 7.82. The van der Waals surface area contributed by atoms with Gasteiger partial charge in [-0.2, -0.15) is 0 Å². The fraction of sp³-hybridized carbons (Fsp3) is 0.235. The van der Waals surface area contributed by atoms with Crippen LogP contribution in [-0.2, 0) is 14.8 Å². The maximum absolute atomic E-state index is 12.8. The van der Waals surface area contributed by atoms with Crippen LogP contribution in [0.2, 0.25) is 5.02 Å². The Labute approximate surface area is 151 Å². The van der Waals surface area contributed by atoms with Crippen LogP contribution in [0.5, 0.6) is 0 Å². The van der Waals surface area contributed by atoms with E-state index >= 15 is 0 Å². The Morgan fingerprint density at radius 1 is 1.16 bits per heavy atom. The molecule has 1 aliphatic rings. The first-order chi connectivity index (χ1) is 11.9. The third-order valence-corrected chi connectivity index (χ3v) is 5.40. The number of carbonyl (C=O) groups excluding carboxylic acids is 1. The Hall–Kier alpha value is -2.25. The number of esters is 1. The van der Waals surface area contributed by atoms with Crippen molar-refractivity contribution in [2.45, 2.75) is 23.8 Å². The van der Waals surface area contributed by atoms with Gasteiger partial charge >= 0.3 is 5.97 Å². The van der Waals surface area contributed by atoms with Gasteiger partial charge in [0.25, 0.3) is 10.0 Å². The highest BCUT2D eigenvalue weighted by atomic mass is 35.5. The van der Waals surface area contributed by atoms with E-state index in [9.17, 15) is 13.2 Å². The maximum atomic E-state index is 12.8. The summed E-state index contributed by atoms with van der Waals surface area (Å²) in [6.07, 6.45) is 1.98. The summed E-state index contributed by atoms with van der Waals surface area (Å²) in [5.74, 6) is -0.596. The second kappa shape index (κ2) is 6.93. The van der Waals surface area contributed by atoms with Crippen molar-refractivity contribution in [3.63, 3.8) is 0 Å². The highest BCUT2D eigenvalue weighted by Crippen LogP contribution is 2.31. The number of hydrogen-bond acceptors (Lipinski definition) is 5. The summed E-state index contributed by atoms with van der Waals surface area (Å²) < 4.78 is 32.9. The highest BCUT2D eigenvalue weighted by Gasteiger charge is 2.26. The van der Waals surface area contributed by atoms with E-state index in [1.165, 1.54) is 19.2 Å². The lowest BCUT2D eigenvalue weighted by molar-refractivity contribution is 0.0600. The molecule has 2 N–H and O–H groups in total. The molecule has 8 heteroatoms. The lowest BCUT2D eigenvalue weighted by atomic mass is 10.2. The largest absolute Gasteiger partial charge is 0.465 e. The molecule has 0 bridgehead atoms. The SMILES string of the molecule is COC(=O)c1ccc(NC2CC2)c(S(=O)(=O)Nc2ccc(Cl)cc2)c1. The molecule has 0 spiro atoms. The van der Waals surface area contributed by atoms with Crippen molar-refractivity contribution in [3.8, 4) is 0 Å². The van der Waals surface area contributed by atoms with E-state index < -0.39 is 16.0 Å². The molecule has 2 aromatic carbocycles. The van der Waals surface area contributed by atoms with Crippen LogP contribution in [0.1, 0.15) is 23.2 Å². The molecule has 0 heterocycles. The first-order valence-electron chi connectivity index (χ1n) is 7.66. The minimum Gasteiger partial charge on any atom is -0.465 e. The molecule has 0 aliphatic heterocycles. The van der Waals surface area contributed by atoms with E-state index in [2.05, 4.69) is 14.8 Å². The molecule has 3 rings (SSSR count). The Balaban J connectivity index is 1.98. The molecule has 0 radical (unpaired) electrons. The lowest BCUT2D eigenvalue weighted by Gasteiger charge is -2.15. The number of sulfonamides is 1. The third-order valence-electron chi connectivity index (χ3n) is 3.73. The van der Waals surface area contributed by atoms with Crippen molar-refractivity contribution in [1.29, 1.82) is 0 Å². The molecule has 0 amide bonds. The number of nitrogens with one attached hydrogen (secondary N) is 2. The normalized spacial score (nSPS) is 14.0. The van der Waals surface area contributed by atoms with Gasteiger partial charge in [-0.15, -0.1) is 0 Å². The van der Waals surface area contributed by atoms with Crippen molar-refractivity contribution in [3.05, 3.63) is 53.1 Å². The van der Waals surface area contributed by atoms with Gasteiger partial charge in [-0.1, -0.05) is 11.6 Å². The van der Waals surface area contributed by atoms with Gasteiger partial charge in [0.1, 0.15) is 4.90 Å². The van der Waals surface area contributed by atoms with Crippen LogP contribution in [0.3, 0.4) is 0 Å². The van der Waals surface area contributed by atoms with E-state index in [-0.39, 0.29) is 16.5 Å². The molecule has 1 fully saturated rings. The quantitative estimate of drug-likeness (QED) is 0.749. The van der Waals surface area contributed by atoms with Crippen LogP contribution in [-0.4, -0.2) is 27.5 Å². The zero-order valence-electron chi connectivity index (χ0n) is 13.5. The van der Waals surface area contributed by atoms with Crippen molar-refractivity contribution in [1.82, 2.24) is 0 Å². The summed E-state index contributed by atoms with van der Waals surface area (Å²) in [4.78, 5) is 11.8. The van der Waals surface area contributed by atoms with E-state index in [0.29, 0.717) is 16.4 Å². The number of rotatable bonds is 6. The molecule has 0 saturated heterocycles. The monoisotopic (exact) mass is 380 g/mol. The van der Waals surface area contributed by atoms with Gasteiger partial charge in [-0.25, -0.2) is 13.2 Å². The van der Waals surface area contributed by atoms with Crippen LogP contribution < -0.4 is 10.0 Å². The molecular formula is C17H17ClN2O4S. The number of methoxy groups -OCH3 is 1. The minimum absolute atomic E-state index is 0.00255. The van der Waals surface area contributed by atoms with Gasteiger partial charge < -0.3 is 10.1 Å². The Morgan fingerprint density at radius 2 is 1.84 bits per heavy atom. The van der Waals surface area contributed by atoms with Crippen molar-refractivity contribution in [2.75, 3.05) is 17.1 Å². The van der Waals surface area contributed by atoms with Crippen molar-refractivity contribution in [2.24, 2.45) is 0 Å². The Morgan fingerprint density at radius 3 is 2.44 bits per heavy atom. The van der Waals surface area contributed by atoms with Crippen LogP contribution in [0.4, 0.5) is 11.4 Å². The fourth-order valence-corrected chi connectivity index (χ4v) is 3.67. The number of carbonyl (C=O) groups is 1. The van der Waals surface area contributed by atoms with Gasteiger partial charge in [0.2, 0.25) is 0 Å². The van der Waals surface area contributed by atoms with E-state index in [1.54, 1.807) is 30.3 Å². The summed E-state index contributed by atoms with van der Waals surface area (Å²) in [6.45, 7) is 0. The summed E-state index contributed by atoms with van der Waals surface area (Å²) in [5, 5.41) is 3.68. The molecule has 0 unspecified atom stereocenters. The van der Waals surface area contributed by atoms with E-state index in [0.717, 1.165) is 12.8 Å². The molecule has 6 nitrogen and oxygen atoms in total. The predicted molar refractivity (Wildman–Crippen MR) is 96.7 cm³/mol. The summed E-state index contributed by atoms with van der Waals surface area (Å²) in [6, 6.07) is 11.0. The zero-order valence-corrected chi connectivity index (χ0v) is 15.0. The molecule has 2 aromatic rings. The number of hydrogen-bond donors (Lipinski definition) is 2. The highest BCUT2D eigenvalue weighted by molar-refractivity contribution is 7.92. The molecule has 0 aromatic heterocycles. The molecule has 1 saturated carbocycles. The topological polar surface area (TPSA) is 84.5 Å². The van der Waals surface area contributed by atoms with Crippen molar-refractivity contribution >= 4 is 39.0 Å². The maximum Gasteiger partial charge on any atom is 0.337 e. The molecular weight excluding hydrogens is 364 g/mol. The first-order valence-corrected chi connectivity index (χ1v) is 9.52. The smallest absolute Gasteiger partial charge is 0.337 e. The molecule has 1 aliphatic carbocycles. The number of halogens is 1. The van der Waals surface area contributed by atoms with Crippen LogP contribution >= 0.6 is 11.6 Å². The molecule has 132 valence electrons. The van der Waals surface area contributed by atoms with Crippen LogP contribution in [0, 0.1) is 0 Å². The minimum atomic E-state index is -3.90. The van der Waals surface area contributed by atoms with Gasteiger partial charge in [0.15, 0.2) is 0 Å². The first kappa shape index (κ1) is 17.6. The summed E-state index contributed by atoms with van der Waals surface area (Å²) in [5.41, 5.74) is 1.00. The van der Waals surface area contributed by atoms with Gasteiger partial charge in [0.05, 0.1) is 18.4 Å². The number of ether oxygens (including phenoxy) is 1. The average Bonchev–Trinajstić information content (AvgIpc) is 3.40. The summed E-state index contributed by atoms with van der Waals surface area (Å²) in [7, 11) is -2.65. The molecule has 0 atom stereocenters. The van der Waals surface area contributed by atoms with Crippen LogP contribution in [0.25, 0.3) is 0 Å². The van der Waals surface area contributed by atoms with E-state index in [1.807, 2.05) is 0 Å². The predicted octanol–water partition coefficient (Wildman–Crippen LogP) is 3.50. The van der Waals surface area contributed by atoms with Crippen molar-refractivity contribution < 1.29 is 17.9 Å². The standard InChI is InChI=1S/C17H17ClN2O4S/c1-24-17(21)11-2-9-15(19-13-7-8-13)16(10-11)25(22,23)20-14-5-3-12(18)4-6-14/h2-6,9-10,13,19-20H,7-8H2,1H3. The van der Waals surface area contributed by atoms with E-state index in [4.69, 9.17) is 11.6 Å². The Kier molecular flexibility index (Phi) is 4.87. The molecule has 25 heavy (non-hydrogen) atoms. The fourth-order valence-electron chi connectivity index (χ4n) is 2.28. The summed E-state index contributed by atoms with van der Waals surface area (Å²) >= 11 is 5.82. The van der Waals surface area contributed by atoms with Crippen LogP contribution in [0.15, 0.2) is 47.4 Å². The third kappa shape index (κ3) is 4.24. The zero-order chi connectivity index (χ0) is 18.0. The Bertz CT molecular complexity index is 893. The number of anilines is 2. The second-order valence-electron chi connectivity index (χ2n) is 5.73. The van der Waals surface area contributed by atoms with Gasteiger partial charge in [-0.05, 0) is 55.3 Å². The van der Waals surface area contributed by atoms with Gasteiger partial charge in [0, 0.05) is 16.8 Å². The lowest BCUT2D eigenvalue weighted by Crippen LogP contribution is -2.17. The average molecular weight is 381 g/mol. The number of benzene rings is 2. The van der Waals surface area contributed by atoms with Gasteiger partial charge in [-0.3, -0.25) is 4.72 Å².